The van der Waals surface area contributed by atoms with Crippen LogP contribution in [0.5, 0.6) is 11.5 Å². The standard InChI is InChI=1S/C23H25N3O2S/c1-16-6-4-7-18(14-16)24-23(29)26-13-12-25-11-5-8-19(25)22(26)17-9-10-20(27-2)21(15-17)28-3/h4-11,14-15,22H,12-13H2,1-3H3,(H,24,29). The lowest BCUT2D eigenvalue weighted by Crippen LogP contribution is -2.44. The highest BCUT2D eigenvalue weighted by Gasteiger charge is 2.31. The average Bonchev–Trinajstić information content (AvgIpc) is 3.21. The normalized spacial score (nSPS) is 15.6. The average molecular weight is 408 g/mol. The van der Waals surface area contributed by atoms with Gasteiger partial charge in [-0.25, -0.2) is 0 Å². The topological polar surface area (TPSA) is 38.7 Å². The lowest BCUT2D eigenvalue weighted by atomic mass is 9.99. The van der Waals surface area contributed by atoms with E-state index >= 15 is 0 Å². The second kappa shape index (κ2) is 8.17. The SMILES string of the molecule is COc1ccc(C2c3cccn3CCN2C(=S)Nc2cccc(C)c2)cc1OC. The summed E-state index contributed by atoms with van der Waals surface area (Å²) in [6.45, 7) is 3.79. The highest BCUT2D eigenvalue weighted by atomic mass is 32.1. The number of anilines is 1. The third kappa shape index (κ3) is 3.80. The number of aromatic nitrogens is 1. The van der Waals surface area contributed by atoms with Crippen molar-refractivity contribution in [1.82, 2.24) is 9.47 Å². The third-order valence-corrected chi connectivity index (χ3v) is 5.63. The highest BCUT2D eigenvalue weighted by Crippen LogP contribution is 2.37. The van der Waals surface area contributed by atoms with E-state index < -0.39 is 0 Å². The minimum absolute atomic E-state index is 0.0108. The third-order valence-electron chi connectivity index (χ3n) is 5.29. The number of nitrogens with one attached hydrogen (secondary N) is 1. The lowest BCUT2D eigenvalue weighted by molar-refractivity contribution is 0.291. The molecular formula is C23H25N3O2S. The Morgan fingerprint density at radius 2 is 1.83 bits per heavy atom. The van der Waals surface area contributed by atoms with Crippen LogP contribution < -0.4 is 14.8 Å². The molecule has 1 atom stereocenters. The van der Waals surface area contributed by atoms with Gasteiger partial charge in [0, 0.05) is 30.7 Å². The van der Waals surface area contributed by atoms with Crippen molar-refractivity contribution in [2.45, 2.75) is 19.5 Å². The van der Waals surface area contributed by atoms with Gasteiger partial charge in [0.15, 0.2) is 16.6 Å². The summed E-state index contributed by atoms with van der Waals surface area (Å²) in [5.41, 5.74) is 4.51. The van der Waals surface area contributed by atoms with Gasteiger partial charge in [0.25, 0.3) is 0 Å². The van der Waals surface area contributed by atoms with E-state index in [1.165, 1.54) is 11.3 Å². The summed E-state index contributed by atoms with van der Waals surface area (Å²) in [4.78, 5) is 2.24. The van der Waals surface area contributed by atoms with Gasteiger partial charge in [0.1, 0.15) is 0 Å². The zero-order chi connectivity index (χ0) is 20.4. The molecule has 1 unspecified atom stereocenters. The minimum atomic E-state index is -0.0108. The second-order valence-electron chi connectivity index (χ2n) is 7.14. The van der Waals surface area contributed by atoms with E-state index in [9.17, 15) is 0 Å². The quantitative estimate of drug-likeness (QED) is 0.639. The number of thiocarbonyl (C=S) groups is 1. The van der Waals surface area contributed by atoms with E-state index in [1.54, 1.807) is 14.2 Å². The van der Waals surface area contributed by atoms with E-state index in [0.717, 1.165) is 30.1 Å². The molecule has 0 saturated heterocycles. The first kappa shape index (κ1) is 19.3. The van der Waals surface area contributed by atoms with Crippen molar-refractivity contribution in [1.29, 1.82) is 0 Å². The Balaban J connectivity index is 1.70. The molecule has 1 aliphatic heterocycles. The van der Waals surface area contributed by atoms with Crippen molar-refractivity contribution in [2.75, 3.05) is 26.1 Å². The maximum Gasteiger partial charge on any atom is 0.174 e. The highest BCUT2D eigenvalue weighted by molar-refractivity contribution is 7.80. The van der Waals surface area contributed by atoms with E-state index in [2.05, 4.69) is 58.2 Å². The lowest BCUT2D eigenvalue weighted by Gasteiger charge is -2.39. The van der Waals surface area contributed by atoms with Crippen LogP contribution in [0.3, 0.4) is 0 Å². The molecule has 0 saturated carbocycles. The first-order chi connectivity index (χ1) is 14.1. The zero-order valence-electron chi connectivity index (χ0n) is 16.9. The van der Waals surface area contributed by atoms with E-state index in [1.807, 2.05) is 24.3 Å². The van der Waals surface area contributed by atoms with Gasteiger partial charge in [-0.1, -0.05) is 18.2 Å². The number of ether oxygens (including phenoxy) is 2. The molecule has 2 heterocycles. The fraction of sp³-hybridized carbons (Fsp3) is 0.261. The van der Waals surface area contributed by atoms with Crippen molar-refractivity contribution in [3.05, 3.63) is 77.6 Å². The van der Waals surface area contributed by atoms with Gasteiger partial charge >= 0.3 is 0 Å². The number of hydrogen-bond acceptors (Lipinski definition) is 3. The number of benzene rings is 2. The van der Waals surface area contributed by atoms with Gasteiger partial charge in [-0.05, 0) is 66.7 Å². The maximum absolute atomic E-state index is 5.84. The fourth-order valence-electron chi connectivity index (χ4n) is 3.89. The maximum atomic E-state index is 5.84. The van der Waals surface area contributed by atoms with Crippen LogP contribution in [0, 0.1) is 6.92 Å². The number of fused-ring (bicyclic) bond motifs is 1. The van der Waals surface area contributed by atoms with Gasteiger partial charge in [-0.3, -0.25) is 0 Å². The van der Waals surface area contributed by atoms with Crippen LogP contribution in [0.4, 0.5) is 5.69 Å². The molecule has 0 bridgehead atoms. The Bertz CT molecular complexity index is 1030. The molecule has 4 rings (SSSR count). The molecule has 6 heteroatoms. The van der Waals surface area contributed by atoms with Crippen LogP contribution in [0.15, 0.2) is 60.8 Å². The predicted octanol–water partition coefficient (Wildman–Crippen LogP) is 4.62. The van der Waals surface area contributed by atoms with Crippen molar-refractivity contribution in [2.24, 2.45) is 0 Å². The van der Waals surface area contributed by atoms with Crippen LogP contribution >= 0.6 is 12.2 Å². The van der Waals surface area contributed by atoms with Gasteiger partial charge < -0.3 is 24.3 Å². The number of rotatable bonds is 4. The fourth-order valence-corrected chi connectivity index (χ4v) is 4.21. The summed E-state index contributed by atoms with van der Waals surface area (Å²) in [7, 11) is 3.31. The number of nitrogens with zero attached hydrogens (tertiary/aromatic N) is 2. The van der Waals surface area contributed by atoms with Crippen LogP contribution in [0.2, 0.25) is 0 Å². The van der Waals surface area contributed by atoms with Crippen LogP contribution in [0.1, 0.15) is 22.9 Å². The van der Waals surface area contributed by atoms with Gasteiger partial charge in [-0.2, -0.15) is 0 Å². The molecule has 0 radical (unpaired) electrons. The van der Waals surface area contributed by atoms with Crippen molar-refractivity contribution in [3.63, 3.8) is 0 Å². The molecule has 3 aromatic rings. The van der Waals surface area contributed by atoms with E-state index in [4.69, 9.17) is 21.7 Å². The van der Waals surface area contributed by atoms with Crippen molar-refractivity contribution < 1.29 is 9.47 Å². The summed E-state index contributed by atoms with van der Waals surface area (Å²) >= 11 is 5.84. The molecule has 29 heavy (non-hydrogen) atoms. The minimum Gasteiger partial charge on any atom is -0.493 e. The Labute approximate surface area is 176 Å². The Morgan fingerprint density at radius 1 is 1.00 bits per heavy atom. The molecule has 150 valence electrons. The predicted molar refractivity (Wildman–Crippen MR) is 120 cm³/mol. The first-order valence-electron chi connectivity index (χ1n) is 9.62. The Hall–Kier alpha value is -2.99. The molecule has 0 fully saturated rings. The van der Waals surface area contributed by atoms with E-state index in [0.29, 0.717) is 10.9 Å². The Morgan fingerprint density at radius 3 is 2.59 bits per heavy atom. The zero-order valence-corrected chi connectivity index (χ0v) is 17.7. The monoisotopic (exact) mass is 407 g/mol. The second-order valence-corrected chi connectivity index (χ2v) is 7.52. The molecule has 0 aliphatic carbocycles. The van der Waals surface area contributed by atoms with Gasteiger partial charge in [-0.15, -0.1) is 0 Å². The van der Waals surface area contributed by atoms with Crippen LogP contribution in [0.25, 0.3) is 0 Å². The smallest absolute Gasteiger partial charge is 0.174 e. The molecule has 0 amide bonds. The molecule has 1 aliphatic rings. The summed E-state index contributed by atoms with van der Waals surface area (Å²) in [6, 6.07) is 18.6. The van der Waals surface area contributed by atoms with Crippen LogP contribution in [-0.4, -0.2) is 35.3 Å². The molecule has 5 nitrogen and oxygen atoms in total. The molecular weight excluding hydrogens is 382 g/mol. The molecule has 0 spiro atoms. The summed E-state index contributed by atoms with van der Waals surface area (Å²) in [5, 5.41) is 4.13. The molecule has 1 N–H and O–H groups in total. The summed E-state index contributed by atoms with van der Waals surface area (Å²) < 4.78 is 13.2. The summed E-state index contributed by atoms with van der Waals surface area (Å²) in [5.74, 6) is 1.43. The Kier molecular flexibility index (Phi) is 5.45. The van der Waals surface area contributed by atoms with Crippen molar-refractivity contribution in [3.8, 4) is 11.5 Å². The summed E-state index contributed by atoms with van der Waals surface area (Å²) in [6.07, 6.45) is 2.12. The van der Waals surface area contributed by atoms with Gasteiger partial charge in [0.05, 0.1) is 20.3 Å². The van der Waals surface area contributed by atoms with Crippen molar-refractivity contribution >= 4 is 23.0 Å². The first-order valence-corrected chi connectivity index (χ1v) is 10.0. The van der Waals surface area contributed by atoms with Gasteiger partial charge in [0.2, 0.25) is 0 Å². The van der Waals surface area contributed by atoms with E-state index in [-0.39, 0.29) is 6.04 Å². The largest absolute Gasteiger partial charge is 0.493 e. The molecule has 1 aromatic heterocycles. The number of aryl methyl sites for hydroxylation is 1. The number of methoxy groups -OCH3 is 2. The number of hydrogen-bond donors (Lipinski definition) is 1. The molecule has 2 aromatic carbocycles. The van der Waals surface area contributed by atoms with Crippen LogP contribution in [-0.2, 0) is 6.54 Å².